The molecule has 0 atom stereocenters. The van der Waals surface area contributed by atoms with Crippen LogP contribution in [0.2, 0.25) is 0 Å². The Morgan fingerprint density at radius 3 is 2.37 bits per heavy atom. The highest BCUT2D eigenvalue weighted by atomic mass is 15.2. The van der Waals surface area contributed by atoms with Crippen LogP contribution in [0.3, 0.4) is 0 Å². The molecule has 0 radical (unpaired) electrons. The fraction of sp³-hybridized carbons (Fsp3) is 0.688. The van der Waals surface area contributed by atoms with E-state index in [-0.39, 0.29) is 5.54 Å². The lowest BCUT2D eigenvalue weighted by molar-refractivity contribution is 0.424. The van der Waals surface area contributed by atoms with E-state index in [1.54, 1.807) is 0 Å². The van der Waals surface area contributed by atoms with E-state index >= 15 is 0 Å². The molecule has 19 heavy (non-hydrogen) atoms. The van der Waals surface area contributed by atoms with Gasteiger partial charge < -0.3 is 10.2 Å². The summed E-state index contributed by atoms with van der Waals surface area (Å²) in [7, 11) is 0. The first-order valence-corrected chi connectivity index (χ1v) is 7.22. The van der Waals surface area contributed by atoms with E-state index in [4.69, 9.17) is 0 Å². The summed E-state index contributed by atoms with van der Waals surface area (Å²) in [6.45, 7) is 17.1. The van der Waals surface area contributed by atoms with Gasteiger partial charge in [-0.25, -0.2) is 4.98 Å². The van der Waals surface area contributed by atoms with Crippen molar-refractivity contribution in [3.8, 4) is 0 Å². The number of hydrogen-bond donors (Lipinski definition) is 1. The summed E-state index contributed by atoms with van der Waals surface area (Å²) >= 11 is 0. The topological polar surface area (TPSA) is 28.2 Å². The lowest BCUT2D eigenvalue weighted by Crippen LogP contribution is -2.35. The van der Waals surface area contributed by atoms with Crippen molar-refractivity contribution in [3.05, 3.63) is 23.4 Å². The van der Waals surface area contributed by atoms with Crippen LogP contribution in [0, 0.1) is 6.92 Å². The average molecular weight is 263 g/mol. The predicted octanol–water partition coefficient (Wildman–Crippen LogP) is 3.51. The van der Waals surface area contributed by atoms with Gasteiger partial charge >= 0.3 is 0 Å². The van der Waals surface area contributed by atoms with Crippen molar-refractivity contribution in [3.63, 3.8) is 0 Å². The van der Waals surface area contributed by atoms with Gasteiger partial charge in [-0.3, -0.25) is 0 Å². The maximum absolute atomic E-state index is 4.67. The van der Waals surface area contributed by atoms with Crippen LogP contribution in [0.25, 0.3) is 0 Å². The van der Waals surface area contributed by atoms with Crippen LogP contribution in [0.4, 0.5) is 5.82 Å². The van der Waals surface area contributed by atoms with Crippen LogP contribution in [0.1, 0.15) is 52.8 Å². The van der Waals surface area contributed by atoms with Crippen LogP contribution in [0.15, 0.2) is 12.1 Å². The number of rotatable bonds is 5. The molecule has 0 aliphatic rings. The number of nitrogens with one attached hydrogen (secondary N) is 1. The van der Waals surface area contributed by atoms with Crippen molar-refractivity contribution in [1.82, 2.24) is 10.3 Å². The SMILES string of the molecule is CCN(c1cc(CNC(C)(C)C)cc(C)n1)C(C)C. The van der Waals surface area contributed by atoms with Gasteiger partial charge in [-0.15, -0.1) is 0 Å². The molecule has 0 bridgehead atoms. The highest BCUT2D eigenvalue weighted by Gasteiger charge is 2.13. The fourth-order valence-corrected chi connectivity index (χ4v) is 2.13. The fourth-order valence-electron chi connectivity index (χ4n) is 2.13. The highest BCUT2D eigenvalue weighted by molar-refractivity contribution is 5.43. The molecular formula is C16H29N3. The second-order valence-electron chi connectivity index (χ2n) is 6.46. The summed E-state index contributed by atoms with van der Waals surface area (Å²) in [4.78, 5) is 7.00. The first kappa shape index (κ1) is 16.0. The van der Waals surface area contributed by atoms with Crippen molar-refractivity contribution in [2.24, 2.45) is 0 Å². The van der Waals surface area contributed by atoms with Gasteiger partial charge in [0.25, 0.3) is 0 Å². The third-order valence-corrected chi connectivity index (χ3v) is 3.08. The molecule has 0 aromatic carbocycles. The molecule has 0 fully saturated rings. The second-order valence-corrected chi connectivity index (χ2v) is 6.46. The molecular weight excluding hydrogens is 234 g/mol. The van der Waals surface area contributed by atoms with Crippen molar-refractivity contribution in [2.75, 3.05) is 11.4 Å². The quantitative estimate of drug-likeness (QED) is 0.881. The summed E-state index contributed by atoms with van der Waals surface area (Å²) in [5.41, 5.74) is 2.53. The molecule has 1 aromatic rings. The van der Waals surface area contributed by atoms with E-state index in [0.717, 1.165) is 24.6 Å². The lowest BCUT2D eigenvalue weighted by atomic mass is 10.1. The van der Waals surface area contributed by atoms with Crippen LogP contribution < -0.4 is 10.2 Å². The van der Waals surface area contributed by atoms with Crippen LogP contribution in [0.5, 0.6) is 0 Å². The largest absolute Gasteiger partial charge is 0.354 e. The van der Waals surface area contributed by atoms with Crippen LogP contribution in [-0.4, -0.2) is 23.1 Å². The molecule has 3 nitrogen and oxygen atoms in total. The van der Waals surface area contributed by atoms with E-state index < -0.39 is 0 Å². The summed E-state index contributed by atoms with van der Waals surface area (Å²) in [6.07, 6.45) is 0. The molecule has 1 N–H and O–H groups in total. The molecule has 0 spiro atoms. The minimum atomic E-state index is 0.139. The smallest absolute Gasteiger partial charge is 0.129 e. The van der Waals surface area contributed by atoms with Gasteiger partial charge in [-0.05, 0) is 66.2 Å². The monoisotopic (exact) mass is 263 g/mol. The standard InChI is InChI=1S/C16H29N3/c1-8-19(12(2)3)15-10-14(9-13(4)18-15)11-17-16(5,6)7/h9-10,12,17H,8,11H2,1-7H3. The van der Waals surface area contributed by atoms with Gasteiger partial charge in [0.05, 0.1) is 0 Å². The molecule has 1 rings (SSSR count). The molecule has 0 saturated carbocycles. The predicted molar refractivity (Wildman–Crippen MR) is 83.7 cm³/mol. The zero-order valence-corrected chi connectivity index (χ0v) is 13.5. The Morgan fingerprint density at radius 2 is 1.89 bits per heavy atom. The maximum atomic E-state index is 4.67. The molecule has 0 amide bonds. The highest BCUT2D eigenvalue weighted by Crippen LogP contribution is 2.18. The molecule has 3 heteroatoms. The third kappa shape index (κ3) is 5.19. The van der Waals surface area contributed by atoms with Gasteiger partial charge in [-0.2, -0.15) is 0 Å². The zero-order valence-electron chi connectivity index (χ0n) is 13.5. The Kier molecular flexibility index (Phi) is 5.36. The number of aryl methyl sites for hydroxylation is 1. The first-order valence-electron chi connectivity index (χ1n) is 7.22. The van der Waals surface area contributed by atoms with E-state index in [1.165, 1.54) is 5.56 Å². The van der Waals surface area contributed by atoms with Gasteiger partial charge in [0.1, 0.15) is 5.82 Å². The summed E-state index contributed by atoms with van der Waals surface area (Å²) in [6, 6.07) is 4.84. The van der Waals surface area contributed by atoms with Crippen molar-refractivity contribution in [1.29, 1.82) is 0 Å². The third-order valence-electron chi connectivity index (χ3n) is 3.08. The number of aromatic nitrogens is 1. The number of pyridine rings is 1. The molecule has 1 heterocycles. The molecule has 0 aliphatic heterocycles. The van der Waals surface area contributed by atoms with Crippen molar-refractivity contribution < 1.29 is 0 Å². The number of anilines is 1. The van der Waals surface area contributed by atoms with E-state index in [1.807, 2.05) is 0 Å². The van der Waals surface area contributed by atoms with Gasteiger partial charge in [0, 0.05) is 30.4 Å². The minimum absolute atomic E-state index is 0.139. The summed E-state index contributed by atoms with van der Waals surface area (Å²) in [5.74, 6) is 1.09. The lowest BCUT2D eigenvalue weighted by Gasteiger charge is -2.27. The molecule has 0 saturated heterocycles. The summed E-state index contributed by atoms with van der Waals surface area (Å²) < 4.78 is 0. The summed E-state index contributed by atoms with van der Waals surface area (Å²) in [5, 5.41) is 3.53. The second kappa shape index (κ2) is 6.38. The molecule has 108 valence electrons. The van der Waals surface area contributed by atoms with Gasteiger partial charge in [0.15, 0.2) is 0 Å². The molecule has 0 aliphatic carbocycles. The van der Waals surface area contributed by atoms with Gasteiger partial charge in [0.2, 0.25) is 0 Å². The Labute approximate surface area is 118 Å². The zero-order chi connectivity index (χ0) is 14.6. The van der Waals surface area contributed by atoms with Gasteiger partial charge in [-0.1, -0.05) is 0 Å². The van der Waals surface area contributed by atoms with Crippen LogP contribution in [-0.2, 0) is 6.54 Å². The Balaban J connectivity index is 2.93. The first-order chi connectivity index (χ1) is 8.73. The molecule has 1 aromatic heterocycles. The van der Waals surface area contributed by atoms with Crippen molar-refractivity contribution >= 4 is 5.82 Å². The Hall–Kier alpha value is -1.09. The normalized spacial score (nSPS) is 12.0. The Bertz CT molecular complexity index is 405. The number of nitrogens with zero attached hydrogens (tertiary/aromatic N) is 2. The molecule has 0 unspecified atom stereocenters. The van der Waals surface area contributed by atoms with Crippen LogP contribution >= 0.6 is 0 Å². The minimum Gasteiger partial charge on any atom is -0.354 e. The maximum Gasteiger partial charge on any atom is 0.129 e. The van der Waals surface area contributed by atoms with E-state index in [0.29, 0.717) is 6.04 Å². The van der Waals surface area contributed by atoms with Crippen molar-refractivity contribution in [2.45, 2.75) is 66.6 Å². The van der Waals surface area contributed by atoms with E-state index in [9.17, 15) is 0 Å². The average Bonchev–Trinajstić information content (AvgIpc) is 2.25. The number of hydrogen-bond acceptors (Lipinski definition) is 3. The Morgan fingerprint density at radius 1 is 1.26 bits per heavy atom. The van der Waals surface area contributed by atoms with E-state index in [2.05, 4.69) is 75.8 Å².